The minimum atomic E-state index is -4.07. The molecule has 0 amide bonds. The zero-order valence-electron chi connectivity index (χ0n) is 18.5. The number of sulfonamides is 1. The van der Waals surface area contributed by atoms with Crippen molar-refractivity contribution in [2.75, 3.05) is 31.5 Å². The van der Waals surface area contributed by atoms with Crippen LogP contribution in [0.2, 0.25) is 0 Å². The molecule has 34 heavy (non-hydrogen) atoms. The number of nitro groups is 1. The van der Waals surface area contributed by atoms with Gasteiger partial charge in [-0.15, -0.1) is 0 Å². The van der Waals surface area contributed by atoms with E-state index >= 15 is 0 Å². The van der Waals surface area contributed by atoms with Gasteiger partial charge in [0.1, 0.15) is 11.4 Å². The van der Waals surface area contributed by atoms with Gasteiger partial charge in [0, 0.05) is 11.8 Å². The maximum absolute atomic E-state index is 12.7. The summed E-state index contributed by atoms with van der Waals surface area (Å²) in [5, 5.41) is 15.6. The number of nitrogens with zero attached hydrogens (tertiary/aromatic N) is 2. The van der Waals surface area contributed by atoms with E-state index in [1.54, 1.807) is 30.3 Å². The number of nitrogens with one attached hydrogen (secondary N) is 2. The van der Waals surface area contributed by atoms with Crippen LogP contribution in [0.5, 0.6) is 17.2 Å². The second-order valence-corrected chi connectivity index (χ2v) is 8.44. The maximum Gasteiger partial charge on any atom is 0.295 e. The van der Waals surface area contributed by atoms with Crippen molar-refractivity contribution in [1.82, 2.24) is 0 Å². The van der Waals surface area contributed by atoms with Crippen LogP contribution in [0.25, 0.3) is 0 Å². The van der Waals surface area contributed by atoms with Crippen LogP contribution in [0, 0.1) is 10.1 Å². The molecule has 0 aromatic heterocycles. The van der Waals surface area contributed by atoms with Gasteiger partial charge in [-0.05, 0) is 60.2 Å². The van der Waals surface area contributed by atoms with E-state index < -0.39 is 20.6 Å². The highest BCUT2D eigenvalue weighted by molar-refractivity contribution is 7.92. The number of benzene rings is 3. The van der Waals surface area contributed by atoms with Crippen LogP contribution in [0.3, 0.4) is 0 Å². The summed E-state index contributed by atoms with van der Waals surface area (Å²) in [7, 11) is 0.437. The number of anilines is 2. The van der Waals surface area contributed by atoms with Crippen LogP contribution in [0.15, 0.2) is 70.7 Å². The first kappa shape index (κ1) is 24.3. The molecule has 0 aliphatic heterocycles. The lowest BCUT2D eigenvalue weighted by Crippen LogP contribution is -2.13. The van der Waals surface area contributed by atoms with Crippen LogP contribution in [-0.4, -0.2) is 40.9 Å². The van der Waals surface area contributed by atoms with E-state index in [4.69, 9.17) is 14.2 Å². The van der Waals surface area contributed by atoms with Crippen molar-refractivity contribution in [2.24, 2.45) is 5.10 Å². The second-order valence-electron chi connectivity index (χ2n) is 6.75. The minimum absolute atomic E-state index is 0.0186. The van der Waals surface area contributed by atoms with Crippen LogP contribution in [0.4, 0.5) is 17.1 Å². The molecule has 0 unspecified atom stereocenters. The van der Waals surface area contributed by atoms with Gasteiger partial charge in [-0.25, -0.2) is 8.42 Å². The van der Waals surface area contributed by atoms with Crippen molar-refractivity contribution < 1.29 is 27.6 Å². The molecular formula is C22H22N4O7S. The first-order valence-corrected chi connectivity index (χ1v) is 11.2. The van der Waals surface area contributed by atoms with Crippen molar-refractivity contribution >= 4 is 33.3 Å². The Hall–Kier alpha value is -4.32. The first-order chi connectivity index (χ1) is 16.3. The predicted octanol–water partition coefficient (Wildman–Crippen LogP) is 3.87. The fourth-order valence-electron chi connectivity index (χ4n) is 2.91. The highest BCUT2D eigenvalue weighted by Crippen LogP contribution is 2.29. The summed E-state index contributed by atoms with van der Waals surface area (Å²) in [6.45, 7) is 0. The molecule has 0 bridgehead atoms. The highest BCUT2D eigenvalue weighted by Gasteiger charge is 2.21. The number of ether oxygens (including phenoxy) is 3. The summed E-state index contributed by atoms with van der Waals surface area (Å²) in [6.07, 6.45) is 1.43. The van der Waals surface area contributed by atoms with Gasteiger partial charge in [0.25, 0.3) is 15.7 Å². The number of hydrogen-bond acceptors (Lipinski definition) is 9. The van der Waals surface area contributed by atoms with E-state index in [-0.39, 0.29) is 16.3 Å². The molecule has 2 N–H and O–H groups in total. The average molecular weight is 487 g/mol. The molecule has 0 saturated heterocycles. The summed E-state index contributed by atoms with van der Waals surface area (Å²) in [6, 6.07) is 14.8. The Balaban J connectivity index is 1.81. The fraction of sp³-hybridized carbons (Fsp3) is 0.136. The zero-order chi connectivity index (χ0) is 24.7. The fourth-order valence-corrected chi connectivity index (χ4v) is 3.99. The van der Waals surface area contributed by atoms with Gasteiger partial charge in [0.05, 0.1) is 37.4 Å². The Morgan fingerprint density at radius 2 is 1.62 bits per heavy atom. The van der Waals surface area contributed by atoms with Gasteiger partial charge in [0.15, 0.2) is 11.5 Å². The molecule has 0 radical (unpaired) electrons. The van der Waals surface area contributed by atoms with E-state index in [0.29, 0.717) is 22.8 Å². The zero-order valence-corrected chi connectivity index (χ0v) is 19.3. The van der Waals surface area contributed by atoms with Crippen LogP contribution in [0.1, 0.15) is 5.56 Å². The maximum atomic E-state index is 12.7. The summed E-state index contributed by atoms with van der Waals surface area (Å²) in [5.74, 6) is 1.60. The van der Waals surface area contributed by atoms with Gasteiger partial charge in [-0.2, -0.15) is 5.10 Å². The van der Waals surface area contributed by atoms with E-state index in [0.717, 1.165) is 6.07 Å². The second kappa shape index (κ2) is 10.5. The molecule has 0 saturated carbocycles. The third-order valence-corrected chi connectivity index (χ3v) is 6.00. The lowest BCUT2D eigenvalue weighted by molar-refractivity contribution is -0.384. The third kappa shape index (κ3) is 5.72. The quantitative estimate of drug-likeness (QED) is 0.250. The van der Waals surface area contributed by atoms with E-state index in [2.05, 4.69) is 15.2 Å². The normalized spacial score (nSPS) is 11.1. The van der Waals surface area contributed by atoms with Crippen LogP contribution in [-0.2, 0) is 10.0 Å². The van der Waals surface area contributed by atoms with Crippen molar-refractivity contribution in [3.8, 4) is 17.2 Å². The lowest BCUT2D eigenvalue weighted by Gasteiger charge is -2.10. The van der Waals surface area contributed by atoms with Gasteiger partial charge < -0.3 is 14.2 Å². The Kier molecular flexibility index (Phi) is 7.53. The summed E-state index contributed by atoms with van der Waals surface area (Å²) < 4.78 is 43.3. The SMILES string of the molecule is COc1ccc(NS(=O)(=O)c2ccc(NN=Cc3ccc(OC)c(OC)c3)c([N+](=O)[O-])c2)cc1. The molecule has 0 fully saturated rings. The number of hydrazone groups is 1. The van der Waals surface area contributed by atoms with Gasteiger partial charge in [0.2, 0.25) is 0 Å². The number of hydrogen-bond donors (Lipinski definition) is 2. The lowest BCUT2D eigenvalue weighted by atomic mass is 10.2. The molecule has 0 heterocycles. The van der Waals surface area contributed by atoms with E-state index in [9.17, 15) is 18.5 Å². The molecule has 178 valence electrons. The molecule has 3 aromatic carbocycles. The Bertz CT molecular complexity index is 1310. The Morgan fingerprint density at radius 1 is 0.912 bits per heavy atom. The molecule has 0 atom stereocenters. The van der Waals surface area contributed by atoms with Gasteiger partial charge in [-0.3, -0.25) is 20.3 Å². The molecule has 3 aromatic rings. The Morgan fingerprint density at radius 3 is 2.24 bits per heavy atom. The standard InChI is InChI=1S/C22H22N4O7S/c1-31-17-7-5-16(6-8-17)25-34(29,30)18-9-10-19(20(13-18)26(27)28)24-23-14-15-4-11-21(32-2)22(12-15)33-3/h4-14,24-25H,1-3H3. The molecule has 0 aliphatic carbocycles. The Labute approximate surface area is 196 Å². The molecule has 11 nitrogen and oxygen atoms in total. The molecule has 0 aliphatic rings. The first-order valence-electron chi connectivity index (χ1n) is 9.74. The average Bonchev–Trinajstić information content (AvgIpc) is 2.84. The smallest absolute Gasteiger partial charge is 0.295 e. The number of rotatable bonds is 10. The number of nitro benzene ring substituents is 1. The van der Waals surface area contributed by atoms with Gasteiger partial charge >= 0.3 is 0 Å². The van der Waals surface area contributed by atoms with E-state index in [1.807, 2.05) is 0 Å². The van der Waals surface area contributed by atoms with E-state index in [1.165, 1.54) is 51.8 Å². The molecule has 0 spiro atoms. The predicted molar refractivity (Wildman–Crippen MR) is 128 cm³/mol. The molecule has 3 rings (SSSR count). The van der Waals surface area contributed by atoms with Gasteiger partial charge in [-0.1, -0.05) is 0 Å². The molecule has 12 heteroatoms. The van der Waals surface area contributed by atoms with Crippen molar-refractivity contribution in [1.29, 1.82) is 0 Å². The summed E-state index contributed by atoms with van der Waals surface area (Å²) in [5.41, 5.74) is 3.07. The number of methoxy groups -OCH3 is 3. The van der Waals surface area contributed by atoms with Crippen molar-refractivity contribution in [2.45, 2.75) is 4.90 Å². The minimum Gasteiger partial charge on any atom is -0.497 e. The topological polar surface area (TPSA) is 141 Å². The third-order valence-electron chi connectivity index (χ3n) is 4.62. The largest absolute Gasteiger partial charge is 0.497 e. The highest BCUT2D eigenvalue weighted by atomic mass is 32.2. The van der Waals surface area contributed by atoms with Crippen molar-refractivity contribution in [3.05, 3.63) is 76.3 Å². The monoisotopic (exact) mass is 486 g/mol. The summed E-state index contributed by atoms with van der Waals surface area (Å²) in [4.78, 5) is 10.6. The summed E-state index contributed by atoms with van der Waals surface area (Å²) >= 11 is 0. The van der Waals surface area contributed by atoms with Crippen molar-refractivity contribution in [3.63, 3.8) is 0 Å². The molecular weight excluding hydrogens is 464 g/mol. The van der Waals surface area contributed by atoms with Crippen LogP contribution < -0.4 is 24.4 Å². The van der Waals surface area contributed by atoms with Crippen LogP contribution >= 0.6 is 0 Å².